The summed E-state index contributed by atoms with van der Waals surface area (Å²) in [5.74, 6) is 0. The number of rotatable bonds is 4. The molecule has 191 valence electrons. The summed E-state index contributed by atoms with van der Waals surface area (Å²) in [6.07, 6.45) is 3.86. The minimum atomic E-state index is -1.46. The van der Waals surface area contributed by atoms with Crippen molar-refractivity contribution in [3.05, 3.63) is 135 Å². The largest absolute Gasteiger partial charge is 0.358 e. The molecule has 0 unspecified atom stereocenters. The summed E-state index contributed by atoms with van der Waals surface area (Å²) in [4.78, 5) is 9.04. The van der Waals surface area contributed by atoms with Crippen LogP contribution in [0.5, 0.6) is 0 Å². The molecule has 0 aliphatic rings. The minimum absolute atomic E-state index is 0. The van der Waals surface area contributed by atoms with Gasteiger partial charge in [-0.25, -0.2) is 0 Å². The molecule has 4 heteroatoms. The molecule has 0 saturated heterocycles. The monoisotopic (exact) mass is 679 g/mol. The number of hydrogen-bond donors (Lipinski definition) is 0. The Kier molecular flexibility index (Phi) is 11.3. The van der Waals surface area contributed by atoms with E-state index in [1.165, 1.54) is 27.4 Å². The van der Waals surface area contributed by atoms with Gasteiger partial charge in [0.05, 0.1) is 13.8 Å². The van der Waals surface area contributed by atoms with Crippen molar-refractivity contribution in [1.82, 2.24) is 9.97 Å². The summed E-state index contributed by atoms with van der Waals surface area (Å²) >= 11 is 0. The Labute approximate surface area is 237 Å². The fraction of sp³-hybridized carbons (Fsp3) is 0.121. The summed E-state index contributed by atoms with van der Waals surface area (Å²) < 4.78 is 0. The van der Waals surface area contributed by atoms with Crippen molar-refractivity contribution < 1.29 is 20.1 Å². The van der Waals surface area contributed by atoms with Crippen molar-refractivity contribution in [1.29, 1.82) is 0 Å². The van der Waals surface area contributed by atoms with Gasteiger partial charge in [0, 0.05) is 38.1 Å². The van der Waals surface area contributed by atoms with Crippen LogP contribution < -0.4 is 5.19 Å². The molecule has 1 radical (unpaired) electrons. The fourth-order valence-corrected chi connectivity index (χ4v) is 5.59. The second-order valence-corrected chi connectivity index (χ2v) is 14.6. The maximum Gasteiger partial charge on any atom is 0.0785 e. The molecule has 0 amide bonds. The Hall–Kier alpha value is -3.17. The van der Waals surface area contributed by atoms with Gasteiger partial charge < -0.3 is 12.4 Å². The van der Waals surface area contributed by atoms with Crippen LogP contribution in [-0.4, -0.2) is 18.0 Å². The van der Waals surface area contributed by atoms with Crippen LogP contribution in [-0.2, 0) is 20.1 Å². The SMILES string of the molecule is C[Si](C)(C)c1cc(-c2ccccc2)ncc1-c1ccccc1.Cc1cccnc1-c1[c-]cccc1.[CH3-].[Ir]. The van der Waals surface area contributed by atoms with Crippen LogP contribution in [0.15, 0.2) is 116 Å². The fourth-order valence-electron chi connectivity index (χ4n) is 4.00. The first kappa shape index (κ1) is 30.1. The first-order valence-corrected chi connectivity index (χ1v) is 15.4. The van der Waals surface area contributed by atoms with Crippen LogP contribution in [0.1, 0.15) is 5.56 Å². The van der Waals surface area contributed by atoms with Crippen molar-refractivity contribution >= 4 is 13.3 Å². The van der Waals surface area contributed by atoms with E-state index < -0.39 is 8.07 Å². The Morgan fingerprint density at radius 3 is 1.89 bits per heavy atom. The van der Waals surface area contributed by atoms with E-state index in [1.807, 2.05) is 48.8 Å². The van der Waals surface area contributed by atoms with Gasteiger partial charge in [-0.3, -0.25) is 4.98 Å². The molecule has 0 saturated carbocycles. The number of pyridine rings is 2. The Bertz CT molecular complexity index is 1370. The average Bonchev–Trinajstić information content (AvgIpc) is 2.90. The maximum atomic E-state index is 4.72. The van der Waals surface area contributed by atoms with Gasteiger partial charge in [0.1, 0.15) is 0 Å². The number of benzene rings is 3. The van der Waals surface area contributed by atoms with Crippen molar-refractivity contribution in [2.75, 3.05) is 0 Å². The molecule has 0 fully saturated rings. The molecule has 3 aromatic carbocycles. The molecular weight excluding hydrogens is 645 g/mol. The van der Waals surface area contributed by atoms with Gasteiger partial charge in [0.15, 0.2) is 0 Å². The number of aryl methyl sites for hydroxylation is 1. The third kappa shape index (κ3) is 7.90. The third-order valence-corrected chi connectivity index (χ3v) is 7.87. The Morgan fingerprint density at radius 2 is 1.32 bits per heavy atom. The first-order chi connectivity index (χ1) is 16.9. The van der Waals surface area contributed by atoms with Crippen LogP contribution in [0, 0.1) is 20.4 Å². The Balaban J connectivity index is 0.000000277. The molecule has 0 aliphatic heterocycles. The number of hydrogen-bond acceptors (Lipinski definition) is 2. The summed E-state index contributed by atoms with van der Waals surface area (Å²) in [6, 6.07) is 38.4. The smallest absolute Gasteiger partial charge is 0.0785 e. The standard InChI is InChI=1S/C20H21NSi.C12H10N.CH3.Ir/c1-22(2,3)20-14-19(17-12-8-5-9-13-17)21-15-18(20)16-10-6-4-7-11-16;1-10-6-5-9-13-12(10)11-7-3-2-4-8-11;;/h4-15H,1-3H3;2-7,9H,1H3;1H3;/q;2*-1;. The van der Waals surface area contributed by atoms with Crippen molar-refractivity contribution in [3.8, 4) is 33.6 Å². The normalized spacial score (nSPS) is 10.3. The predicted octanol–water partition coefficient (Wildman–Crippen LogP) is 8.27. The molecule has 2 heterocycles. The van der Waals surface area contributed by atoms with Crippen LogP contribution >= 0.6 is 0 Å². The molecule has 5 rings (SSSR count). The predicted molar refractivity (Wildman–Crippen MR) is 158 cm³/mol. The van der Waals surface area contributed by atoms with E-state index in [1.54, 1.807) is 0 Å². The minimum Gasteiger partial charge on any atom is -0.358 e. The Morgan fingerprint density at radius 1 is 0.703 bits per heavy atom. The second kappa shape index (κ2) is 13.9. The molecule has 0 bridgehead atoms. The van der Waals surface area contributed by atoms with Crippen molar-refractivity contribution in [2.45, 2.75) is 26.6 Å². The average molecular weight is 679 g/mol. The van der Waals surface area contributed by atoms with Gasteiger partial charge in [-0.15, -0.1) is 35.9 Å². The number of nitrogens with zero attached hydrogens (tertiary/aromatic N) is 2. The molecule has 37 heavy (non-hydrogen) atoms. The zero-order valence-corrected chi connectivity index (χ0v) is 25.6. The molecule has 2 nitrogen and oxygen atoms in total. The zero-order valence-electron chi connectivity index (χ0n) is 22.2. The van der Waals surface area contributed by atoms with E-state index in [9.17, 15) is 0 Å². The van der Waals surface area contributed by atoms with Crippen molar-refractivity contribution in [2.24, 2.45) is 0 Å². The van der Waals surface area contributed by atoms with E-state index in [0.29, 0.717) is 0 Å². The molecule has 0 atom stereocenters. The summed E-state index contributed by atoms with van der Waals surface area (Å²) in [5, 5.41) is 1.47. The third-order valence-electron chi connectivity index (χ3n) is 5.84. The molecule has 0 N–H and O–H groups in total. The number of aromatic nitrogens is 2. The van der Waals surface area contributed by atoms with Gasteiger partial charge >= 0.3 is 0 Å². The zero-order chi connectivity index (χ0) is 24.7. The molecular formula is C33H34IrN2Si-2. The molecule has 0 spiro atoms. The van der Waals surface area contributed by atoms with E-state index in [0.717, 1.165) is 17.0 Å². The second-order valence-electron chi connectivity index (χ2n) is 9.54. The summed E-state index contributed by atoms with van der Waals surface area (Å²) in [5.41, 5.74) is 8.04. The van der Waals surface area contributed by atoms with E-state index >= 15 is 0 Å². The summed E-state index contributed by atoms with van der Waals surface area (Å²) in [7, 11) is -1.46. The molecule has 0 aliphatic carbocycles. The van der Waals surface area contributed by atoms with Gasteiger partial charge in [-0.2, -0.15) is 0 Å². The topological polar surface area (TPSA) is 25.8 Å². The van der Waals surface area contributed by atoms with Gasteiger partial charge in [0.2, 0.25) is 0 Å². The van der Waals surface area contributed by atoms with Gasteiger partial charge in [-0.1, -0.05) is 91.9 Å². The van der Waals surface area contributed by atoms with E-state index in [4.69, 9.17) is 4.98 Å². The maximum absolute atomic E-state index is 4.72. The van der Waals surface area contributed by atoms with Crippen molar-refractivity contribution in [3.63, 3.8) is 0 Å². The van der Waals surface area contributed by atoms with Crippen LogP contribution in [0.4, 0.5) is 0 Å². The van der Waals surface area contributed by atoms with Crippen LogP contribution in [0.3, 0.4) is 0 Å². The first-order valence-electron chi connectivity index (χ1n) is 11.9. The van der Waals surface area contributed by atoms with Gasteiger partial charge in [0.25, 0.3) is 0 Å². The van der Waals surface area contributed by atoms with Gasteiger partial charge in [-0.05, 0) is 41.1 Å². The summed E-state index contributed by atoms with van der Waals surface area (Å²) in [6.45, 7) is 9.24. The van der Waals surface area contributed by atoms with Crippen LogP contribution in [0.2, 0.25) is 19.6 Å². The quantitative estimate of drug-likeness (QED) is 0.141. The molecule has 5 aromatic rings. The van der Waals surface area contributed by atoms with Crippen LogP contribution in [0.25, 0.3) is 33.6 Å². The molecule has 2 aromatic heterocycles. The van der Waals surface area contributed by atoms with E-state index in [-0.39, 0.29) is 27.5 Å². The van der Waals surface area contributed by atoms with E-state index in [2.05, 4.69) is 104 Å².